The molecule has 0 aliphatic heterocycles. The molecule has 1 aromatic carbocycles. The lowest BCUT2D eigenvalue weighted by Crippen LogP contribution is -2.37. The van der Waals surface area contributed by atoms with Crippen molar-refractivity contribution in [2.75, 3.05) is 13.6 Å². The van der Waals surface area contributed by atoms with Gasteiger partial charge in [-0.05, 0) is 56.2 Å². The Balaban J connectivity index is 0.00000341. The smallest absolute Gasteiger partial charge is 0.219 e. The topological polar surface area (TPSA) is 76.4 Å². The molecule has 166 valence electrons. The Morgan fingerprint density at radius 1 is 1.13 bits per heavy atom. The van der Waals surface area contributed by atoms with Gasteiger partial charge in [-0.2, -0.15) is 5.10 Å². The monoisotopic (exact) mass is 538 g/mol. The summed E-state index contributed by atoms with van der Waals surface area (Å²) in [6.45, 7) is 6.31. The van der Waals surface area contributed by atoms with E-state index in [1.54, 1.807) is 31.4 Å². The predicted molar refractivity (Wildman–Crippen MR) is 131 cm³/mol. The number of aromatic nitrogens is 3. The third-order valence-corrected chi connectivity index (χ3v) is 4.46. The van der Waals surface area contributed by atoms with Gasteiger partial charge in [-0.3, -0.25) is 9.67 Å². The molecule has 0 saturated carbocycles. The van der Waals surface area contributed by atoms with Gasteiger partial charge in [0.2, 0.25) is 5.88 Å². The van der Waals surface area contributed by atoms with E-state index >= 15 is 0 Å². The second-order valence-corrected chi connectivity index (χ2v) is 6.92. The third-order valence-electron chi connectivity index (χ3n) is 4.46. The van der Waals surface area contributed by atoms with Crippen LogP contribution in [0.1, 0.15) is 23.4 Å². The van der Waals surface area contributed by atoms with Gasteiger partial charge in [0.05, 0.1) is 5.69 Å². The number of hydrogen-bond donors (Lipinski definition) is 2. The Morgan fingerprint density at radius 3 is 2.52 bits per heavy atom. The molecule has 3 aromatic rings. The first kappa shape index (κ1) is 24.6. The maximum Gasteiger partial charge on any atom is 0.219 e. The molecule has 7 nitrogen and oxygen atoms in total. The fourth-order valence-electron chi connectivity index (χ4n) is 2.94. The van der Waals surface area contributed by atoms with Crippen LogP contribution in [0.5, 0.6) is 11.6 Å². The van der Waals surface area contributed by atoms with Crippen molar-refractivity contribution in [2.45, 2.75) is 33.4 Å². The number of nitrogens with one attached hydrogen (secondary N) is 2. The summed E-state index contributed by atoms with van der Waals surface area (Å²) in [7, 11) is 1.74. The number of guanidine groups is 1. The van der Waals surface area contributed by atoms with E-state index in [0.29, 0.717) is 18.2 Å². The molecule has 9 heteroatoms. The van der Waals surface area contributed by atoms with Crippen LogP contribution >= 0.6 is 24.0 Å². The standard InChI is InChI=1S/C22H27FN6O.HI/c1-16-13-17(2)29(28-16)12-4-11-25-22(24-3)27-15-18-5-10-21(26-14-18)30-20-8-6-19(23)7-9-20;/h5-10,13-14H,4,11-12,15H2,1-3H3,(H2,24,25,27);1H. The molecule has 0 aliphatic rings. The summed E-state index contributed by atoms with van der Waals surface area (Å²) >= 11 is 0. The summed E-state index contributed by atoms with van der Waals surface area (Å²) in [5, 5.41) is 11.0. The number of rotatable bonds is 8. The second kappa shape index (κ2) is 12.2. The van der Waals surface area contributed by atoms with Crippen LogP contribution in [0, 0.1) is 19.7 Å². The molecule has 31 heavy (non-hydrogen) atoms. The fourth-order valence-corrected chi connectivity index (χ4v) is 2.94. The molecule has 0 aliphatic carbocycles. The van der Waals surface area contributed by atoms with E-state index in [0.717, 1.165) is 36.7 Å². The van der Waals surface area contributed by atoms with Crippen LogP contribution < -0.4 is 15.4 Å². The minimum atomic E-state index is -0.301. The van der Waals surface area contributed by atoms with Crippen molar-refractivity contribution in [2.24, 2.45) is 4.99 Å². The van der Waals surface area contributed by atoms with E-state index in [2.05, 4.69) is 38.7 Å². The highest BCUT2D eigenvalue weighted by Crippen LogP contribution is 2.19. The maximum absolute atomic E-state index is 13.0. The molecule has 0 fully saturated rings. The van der Waals surface area contributed by atoms with Crippen molar-refractivity contribution in [1.82, 2.24) is 25.4 Å². The Hall–Kier alpha value is -2.69. The van der Waals surface area contributed by atoms with Crippen molar-refractivity contribution >= 4 is 29.9 Å². The first-order valence-electron chi connectivity index (χ1n) is 9.87. The molecule has 3 rings (SSSR count). The SMILES string of the molecule is CN=C(NCCCn1nc(C)cc1C)NCc1ccc(Oc2ccc(F)cc2)nc1.I. The molecule has 0 saturated heterocycles. The number of pyridine rings is 1. The number of nitrogens with zero attached hydrogens (tertiary/aromatic N) is 4. The molecular formula is C22H28FIN6O. The number of hydrogen-bond acceptors (Lipinski definition) is 4. The van der Waals surface area contributed by atoms with Gasteiger partial charge in [0.15, 0.2) is 5.96 Å². The Labute approximate surface area is 199 Å². The molecule has 0 radical (unpaired) electrons. The Kier molecular flexibility index (Phi) is 9.70. The van der Waals surface area contributed by atoms with Gasteiger partial charge in [0, 0.05) is 44.6 Å². The lowest BCUT2D eigenvalue weighted by molar-refractivity contribution is 0.461. The number of aryl methyl sites for hydroxylation is 3. The lowest BCUT2D eigenvalue weighted by Gasteiger charge is -2.12. The van der Waals surface area contributed by atoms with Gasteiger partial charge in [-0.15, -0.1) is 24.0 Å². The zero-order valence-corrected chi connectivity index (χ0v) is 20.3. The minimum Gasteiger partial charge on any atom is -0.439 e. The van der Waals surface area contributed by atoms with E-state index in [9.17, 15) is 4.39 Å². The molecule has 2 heterocycles. The molecule has 0 spiro atoms. The third kappa shape index (κ3) is 7.82. The highest BCUT2D eigenvalue weighted by molar-refractivity contribution is 14.0. The zero-order valence-electron chi connectivity index (χ0n) is 17.9. The predicted octanol–water partition coefficient (Wildman–Crippen LogP) is 4.20. The normalized spacial score (nSPS) is 11.0. The lowest BCUT2D eigenvalue weighted by atomic mass is 10.3. The van der Waals surface area contributed by atoms with Gasteiger partial charge in [-0.1, -0.05) is 6.07 Å². The van der Waals surface area contributed by atoms with Crippen LogP contribution in [0.2, 0.25) is 0 Å². The molecule has 2 aromatic heterocycles. The van der Waals surface area contributed by atoms with Gasteiger partial charge in [0.1, 0.15) is 11.6 Å². The van der Waals surface area contributed by atoms with E-state index in [1.165, 1.54) is 17.8 Å². The van der Waals surface area contributed by atoms with Crippen LogP contribution in [0.4, 0.5) is 4.39 Å². The summed E-state index contributed by atoms with van der Waals surface area (Å²) in [5.74, 6) is 1.43. The number of halogens is 2. The van der Waals surface area contributed by atoms with Crippen LogP contribution in [-0.2, 0) is 13.1 Å². The number of aliphatic imine (C=N–C) groups is 1. The van der Waals surface area contributed by atoms with Crippen molar-refractivity contribution in [3.05, 3.63) is 71.4 Å². The molecular weight excluding hydrogens is 510 g/mol. The maximum atomic E-state index is 13.0. The quantitative estimate of drug-likeness (QED) is 0.195. The summed E-state index contributed by atoms with van der Waals surface area (Å²) in [6, 6.07) is 11.6. The second-order valence-electron chi connectivity index (χ2n) is 6.92. The van der Waals surface area contributed by atoms with Gasteiger partial charge >= 0.3 is 0 Å². The largest absolute Gasteiger partial charge is 0.439 e. The van der Waals surface area contributed by atoms with Crippen LogP contribution in [-0.4, -0.2) is 34.3 Å². The molecule has 0 amide bonds. The van der Waals surface area contributed by atoms with E-state index in [1.807, 2.05) is 17.7 Å². The van der Waals surface area contributed by atoms with Gasteiger partial charge in [-0.25, -0.2) is 9.37 Å². The summed E-state index contributed by atoms with van der Waals surface area (Å²) in [5.41, 5.74) is 3.21. The number of benzene rings is 1. The van der Waals surface area contributed by atoms with Crippen molar-refractivity contribution < 1.29 is 9.13 Å². The van der Waals surface area contributed by atoms with Crippen LogP contribution in [0.25, 0.3) is 0 Å². The average Bonchev–Trinajstić information content (AvgIpc) is 3.07. The summed E-state index contributed by atoms with van der Waals surface area (Å²) < 4.78 is 20.6. The Morgan fingerprint density at radius 2 is 1.90 bits per heavy atom. The van der Waals surface area contributed by atoms with Gasteiger partial charge in [0.25, 0.3) is 0 Å². The average molecular weight is 538 g/mol. The highest BCUT2D eigenvalue weighted by Gasteiger charge is 2.03. The van der Waals surface area contributed by atoms with Crippen molar-refractivity contribution in [1.29, 1.82) is 0 Å². The molecule has 0 bridgehead atoms. The first-order chi connectivity index (χ1) is 14.5. The summed E-state index contributed by atoms with van der Waals surface area (Å²) in [6.07, 6.45) is 2.68. The fraction of sp³-hybridized carbons (Fsp3) is 0.318. The van der Waals surface area contributed by atoms with Crippen LogP contribution in [0.3, 0.4) is 0 Å². The molecule has 0 unspecified atom stereocenters. The minimum absolute atomic E-state index is 0. The number of ether oxygens (including phenoxy) is 1. The van der Waals surface area contributed by atoms with E-state index in [4.69, 9.17) is 4.74 Å². The Bertz CT molecular complexity index is 973. The first-order valence-corrected chi connectivity index (χ1v) is 9.87. The molecule has 0 atom stereocenters. The van der Waals surface area contributed by atoms with Crippen LogP contribution in [0.15, 0.2) is 53.7 Å². The zero-order chi connectivity index (χ0) is 21.3. The van der Waals surface area contributed by atoms with Gasteiger partial charge < -0.3 is 15.4 Å². The highest BCUT2D eigenvalue weighted by atomic mass is 127. The van der Waals surface area contributed by atoms with Crippen molar-refractivity contribution in [3.8, 4) is 11.6 Å². The van der Waals surface area contributed by atoms with E-state index < -0.39 is 0 Å². The summed E-state index contributed by atoms with van der Waals surface area (Å²) in [4.78, 5) is 8.54. The molecule has 2 N–H and O–H groups in total. The van der Waals surface area contributed by atoms with E-state index in [-0.39, 0.29) is 29.8 Å². The van der Waals surface area contributed by atoms with Crippen molar-refractivity contribution in [3.63, 3.8) is 0 Å².